The SMILES string of the molecule is CC(C)[C@@H](N)C(=O)OC[C@H]1O[C@@H](n2ccc(N)nc2=O)C(F)(F)[C@@H]1O. The Labute approximate surface area is 141 Å². The number of halogens is 2. The summed E-state index contributed by atoms with van der Waals surface area (Å²) < 4.78 is 38.9. The first-order chi connectivity index (χ1) is 11.6. The van der Waals surface area contributed by atoms with Crippen LogP contribution in [-0.2, 0) is 14.3 Å². The van der Waals surface area contributed by atoms with Gasteiger partial charge in [0, 0.05) is 6.20 Å². The van der Waals surface area contributed by atoms with Crippen molar-refractivity contribution in [2.75, 3.05) is 12.3 Å². The molecule has 0 aromatic carbocycles. The fourth-order valence-corrected chi connectivity index (χ4v) is 2.24. The lowest BCUT2D eigenvalue weighted by atomic mass is 10.1. The van der Waals surface area contributed by atoms with Crippen molar-refractivity contribution in [1.82, 2.24) is 9.55 Å². The molecule has 0 amide bonds. The molecule has 0 unspecified atom stereocenters. The summed E-state index contributed by atoms with van der Waals surface area (Å²) >= 11 is 0. The third kappa shape index (κ3) is 3.78. The van der Waals surface area contributed by atoms with Crippen LogP contribution in [-0.4, -0.2) is 51.4 Å². The molecule has 1 fully saturated rings. The molecule has 9 nitrogen and oxygen atoms in total. The van der Waals surface area contributed by atoms with E-state index >= 15 is 0 Å². The van der Waals surface area contributed by atoms with Gasteiger partial charge in [-0.1, -0.05) is 13.8 Å². The minimum atomic E-state index is -3.81. The van der Waals surface area contributed by atoms with Gasteiger partial charge in [-0.15, -0.1) is 0 Å². The van der Waals surface area contributed by atoms with Crippen LogP contribution < -0.4 is 17.2 Å². The normalized spacial score (nSPS) is 26.6. The van der Waals surface area contributed by atoms with E-state index in [-0.39, 0.29) is 11.7 Å². The number of nitrogen functional groups attached to an aromatic ring is 1. The molecular weight excluding hydrogens is 342 g/mol. The monoisotopic (exact) mass is 362 g/mol. The lowest BCUT2D eigenvalue weighted by Gasteiger charge is -2.20. The number of hydrogen-bond acceptors (Lipinski definition) is 8. The molecule has 1 aromatic heterocycles. The Kier molecular flexibility index (Phi) is 5.40. The van der Waals surface area contributed by atoms with Crippen molar-refractivity contribution in [3.63, 3.8) is 0 Å². The quantitative estimate of drug-likeness (QED) is 0.581. The van der Waals surface area contributed by atoms with Crippen LogP contribution >= 0.6 is 0 Å². The number of esters is 1. The Morgan fingerprint density at radius 1 is 1.56 bits per heavy atom. The van der Waals surface area contributed by atoms with Crippen molar-refractivity contribution in [3.8, 4) is 0 Å². The molecule has 1 saturated heterocycles. The highest BCUT2D eigenvalue weighted by Gasteiger charge is 2.60. The molecule has 2 rings (SSSR count). The summed E-state index contributed by atoms with van der Waals surface area (Å²) in [6.45, 7) is 2.75. The van der Waals surface area contributed by atoms with Gasteiger partial charge in [0.05, 0.1) is 0 Å². The van der Waals surface area contributed by atoms with Gasteiger partial charge in [0.25, 0.3) is 0 Å². The summed E-state index contributed by atoms with van der Waals surface area (Å²) in [5.74, 6) is -4.96. The maximum atomic E-state index is 14.3. The number of aliphatic hydroxyl groups excluding tert-OH is 1. The fraction of sp³-hybridized carbons (Fsp3) is 0.643. The van der Waals surface area contributed by atoms with E-state index in [2.05, 4.69) is 4.98 Å². The van der Waals surface area contributed by atoms with E-state index in [1.807, 2.05) is 0 Å². The van der Waals surface area contributed by atoms with Crippen molar-refractivity contribution in [1.29, 1.82) is 0 Å². The van der Waals surface area contributed by atoms with E-state index in [1.165, 1.54) is 0 Å². The fourth-order valence-electron chi connectivity index (χ4n) is 2.24. The molecule has 0 bridgehead atoms. The zero-order chi connectivity index (χ0) is 18.9. The van der Waals surface area contributed by atoms with Crippen LogP contribution in [0.4, 0.5) is 14.6 Å². The second-order valence-corrected chi connectivity index (χ2v) is 6.09. The van der Waals surface area contributed by atoms with Crippen LogP contribution in [0, 0.1) is 5.92 Å². The summed E-state index contributed by atoms with van der Waals surface area (Å²) in [5.41, 5.74) is 9.85. The number of ether oxygens (including phenoxy) is 2. The third-order valence-corrected chi connectivity index (χ3v) is 3.86. The molecule has 0 saturated carbocycles. The Balaban J connectivity index is 2.14. The van der Waals surface area contributed by atoms with Gasteiger partial charge < -0.3 is 26.0 Å². The molecule has 1 aromatic rings. The summed E-state index contributed by atoms with van der Waals surface area (Å²) in [6.07, 6.45) is -4.94. The molecule has 11 heteroatoms. The van der Waals surface area contributed by atoms with Crippen molar-refractivity contribution in [3.05, 3.63) is 22.7 Å². The maximum absolute atomic E-state index is 14.3. The lowest BCUT2D eigenvalue weighted by Crippen LogP contribution is -2.43. The zero-order valence-electron chi connectivity index (χ0n) is 13.6. The molecule has 0 radical (unpaired) electrons. The van der Waals surface area contributed by atoms with Gasteiger partial charge in [0.2, 0.25) is 6.23 Å². The van der Waals surface area contributed by atoms with E-state index in [9.17, 15) is 23.5 Å². The highest BCUT2D eigenvalue weighted by Crippen LogP contribution is 2.42. The number of alkyl halides is 2. The first-order valence-electron chi connectivity index (χ1n) is 7.54. The molecule has 1 aliphatic heterocycles. The average Bonchev–Trinajstić information content (AvgIpc) is 2.75. The van der Waals surface area contributed by atoms with Gasteiger partial charge in [-0.3, -0.25) is 9.36 Å². The predicted molar refractivity (Wildman–Crippen MR) is 81.5 cm³/mol. The first-order valence-corrected chi connectivity index (χ1v) is 7.54. The summed E-state index contributed by atoms with van der Waals surface area (Å²) in [5, 5.41) is 9.80. The molecule has 0 spiro atoms. The van der Waals surface area contributed by atoms with Crippen LogP contribution in [0.15, 0.2) is 17.1 Å². The Morgan fingerprint density at radius 3 is 2.76 bits per heavy atom. The molecule has 140 valence electrons. The molecule has 0 aliphatic carbocycles. The second-order valence-electron chi connectivity index (χ2n) is 6.09. The minimum absolute atomic E-state index is 0.142. The highest BCUT2D eigenvalue weighted by molar-refractivity contribution is 5.75. The predicted octanol–water partition coefficient (Wildman–Crippen LogP) is -0.754. The Bertz CT molecular complexity index is 696. The van der Waals surface area contributed by atoms with Crippen molar-refractivity contribution in [2.45, 2.75) is 44.2 Å². The van der Waals surface area contributed by atoms with Gasteiger partial charge in [0.15, 0.2) is 6.10 Å². The summed E-state index contributed by atoms with van der Waals surface area (Å²) in [6, 6.07) is 0.209. The largest absolute Gasteiger partial charge is 0.462 e. The number of anilines is 1. The van der Waals surface area contributed by atoms with E-state index in [1.54, 1.807) is 13.8 Å². The third-order valence-electron chi connectivity index (χ3n) is 3.86. The molecule has 5 N–H and O–H groups in total. The van der Waals surface area contributed by atoms with Gasteiger partial charge in [0.1, 0.15) is 24.6 Å². The number of hydrogen-bond donors (Lipinski definition) is 3. The van der Waals surface area contributed by atoms with E-state index in [0.29, 0.717) is 4.57 Å². The number of aromatic nitrogens is 2. The molecular formula is C14H20F2N4O5. The first kappa shape index (κ1) is 19.2. The van der Waals surface area contributed by atoms with Crippen molar-refractivity contribution >= 4 is 11.8 Å². The van der Waals surface area contributed by atoms with Crippen molar-refractivity contribution < 1.29 is 28.2 Å². The topological polar surface area (TPSA) is 143 Å². The summed E-state index contributed by atoms with van der Waals surface area (Å²) in [7, 11) is 0. The smallest absolute Gasteiger partial charge is 0.351 e. The van der Waals surface area contributed by atoms with Crippen molar-refractivity contribution in [2.24, 2.45) is 11.7 Å². The van der Waals surface area contributed by atoms with Crippen LogP contribution in [0.5, 0.6) is 0 Å². The van der Waals surface area contributed by atoms with Crippen LogP contribution in [0.25, 0.3) is 0 Å². The van der Waals surface area contributed by atoms with Gasteiger partial charge in [-0.2, -0.15) is 13.8 Å². The molecule has 2 heterocycles. The second kappa shape index (κ2) is 7.02. The van der Waals surface area contributed by atoms with Crippen LogP contribution in [0.1, 0.15) is 20.1 Å². The number of nitrogens with zero attached hydrogens (tertiary/aromatic N) is 2. The van der Waals surface area contributed by atoms with E-state index < -0.39 is 48.7 Å². The van der Waals surface area contributed by atoms with E-state index in [0.717, 1.165) is 12.3 Å². The van der Waals surface area contributed by atoms with Crippen LogP contribution in [0.3, 0.4) is 0 Å². The molecule has 25 heavy (non-hydrogen) atoms. The van der Waals surface area contributed by atoms with Gasteiger partial charge in [-0.05, 0) is 12.0 Å². The highest BCUT2D eigenvalue weighted by atomic mass is 19.3. The standard InChI is InChI=1S/C14H20F2N4O5/c1-6(2)9(18)11(22)24-5-7-10(21)14(15,16)12(25-7)20-4-3-8(17)19-13(20)23/h3-4,6-7,9-10,12,21H,5,18H2,1-2H3,(H2,17,19,23)/t7-,9-,10-,12-/m1/s1. The van der Waals surface area contributed by atoms with Gasteiger partial charge in [-0.25, -0.2) is 4.79 Å². The summed E-state index contributed by atoms with van der Waals surface area (Å²) in [4.78, 5) is 26.8. The number of rotatable bonds is 5. The molecule has 1 aliphatic rings. The Hall–Kier alpha value is -2.11. The maximum Gasteiger partial charge on any atom is 0.351 e. The zero-order valence-corrected chi connectivity index (χ0v) is 13.6. The number of aliphatic hydroxyl groups is 1. The number of carbonyl (C=O) groups excluding carboxylic acids is 1. The Morgan fingerprint density at radius 2 is 2.20 bits per heavy atom. The molecule has 4 atom stereocenters. The van der Waals surface area contributed by atoms with Crippen LogP contribution in [0.2, 0.25) is 0 Å². The number of carbonyl (C=O) groups is 1. The van der Waals surface area contributed by atoms with E-state index in [4.69, 9.17) is 20.9 Å². The van der Waals surface area contributed by atoms with Gasteiger partial charge >= 0.3 is 17.6 Å². The average molecular weight is 362 g/mol. The lowest BCUT2D eigenvalue weighted by molar-refractivity contribution is -0.153. The number of nitrogens with two attached hydrogens (primary N) is 2. The minimum Gasteiger partial charge on any atom is -0.462 e.